The molecule has 17 heavy (non-hydrogen) atoms. The van der Waals surface area contributed by atoms with E-state index >= 15 is 0 Å². The van der Waals surface area contributed by atoms with Gasteiger partial charge in [-0.15, -0.1) is 0 Å². The van der Waals surface area contributed by atoms with Crippen molar-refractivity contribution in [1.82, 2.24) is 9.97 Å². The van der Waals surface area contributed by atoms with Crippen LogP contribution in [0.3, 0.4) is 0 Å². The lowest BCUT2D eigenvalue weighted by atomic mass is 10.3. The highest BCUT2D eigenvalue weighted by molar-refractivity contribution is 6.30. The fourth-order valence-corrected chi connectivity index (χ4v) is 1.47. The lowest BCUT2D eigenvalue weighted by molar-refractivity contribution is 0.0627. The van der Waals surface area contributed by atoms with Gasteiger partial charge in [-0.2, -0.15) is 4.98 Å². The van der Waals surface area contributed by atoms with E-state index in [0.717, 1.165) is 12.0 Å². The Hall–Kier alpha value is -0.870. The molecule has 1 aromatic heterocycles. The maximum Gasteiger partial charge on any atom is 0.221 e. The van der Waals surface area contributed by atoms with Crippen molar-refractivity contribution in [3.63, 3.8) is 0 Å². The van der Waals surface area contributed by atoms with Gasteiger partial charge in [0.2, 0.25) is 5.88 Å². The van der Waals surface area contributed by atoms with Crippen LogP contribution < -0.4 is 4.74 Å². The lowest BCUT2D eigenvalue weighted by Crippen LogP contribution is -2.20. The number of rotatable bonds is 6. The Morgan fingerprint density at radius 1 is 1.29 bits per heavy atom. The number of halogens is 1. The molecule has 0 aliphatic rings. The molecular weight excluding hydrogens is 240 g/mol. The van der Waals surface area contributed by atoms with Gasteiger partial charge in [-0.05, 0) is 20.8 Å². The summed E-state index contributed by atoms with van der Waals surface area (Å²) in [5, 5.41) is 0.454. The van der Waals surface area contributed by atoms with E-state index < -0.39 is 0 Å². The van der Waals surface area contributed by atoms with Gasteiger partial charge >= 0.3 is 0 Å². The molecule has 0 bridgehead atoms. The number of aromatic nitrogens is 2. The maximum atomic E-state index is 6.02. The first-order chi connectivity index (χ1) is 8.08. The molecule has 0 N–H and O–H groups in total. The molecule has 1 atom stereocenters. The summed E-state index contributed by atoms with van der Waals surface area (Å²) in [4.78, 5) is 8.49. The molecule has 4 nitrogen and oxygen atoms in total. The Morgan fingerprint density at radius 3 is 2.59 bits per heavy atom. The standard InChI is InChI=1S/C12H19ClN2O2/c1-5-10-14-11(13)9(4)12(15-10)17-8(3)7-16-6-2/h8H,5-7H2,1-4H3. The minimum Gasteiger partial charge on any atom is -0.472 e. The van der Waals surface area contributed by atoms with Crippen molar-refractivity contribution in [2.75, 3.05) is 13.2 Å². The Balaban J connectivity index is 2.78. The number of hydrogen-bond donors (Lipinski definition) is 0. The van der Waals surface area contributed by atoms with Crippen molar-refractivity contribution in [3.8, 4) is 5.88 Å². The second-order valence-corrected chi connectivity index (χ2v) is 4.16. The first-order valence-electron chi connectivity index (χ1n) is 5.85. The molecule has 0 fully saturated rings. The lowest BCUT2D eigenvalue weighted by Gasteiger charge is -2.16. The van der Waals surface area contributed by atoms with Crippen LogP contribution in [0.25, 0.3) is 0 Å². The van der Waals surface area contributed by atoms with E-state index in [2.05, 4.69) is 9.97 Å². The topological polar surface area (TPSA) is 44.2 Å². The van der Waals surface area contributed by atoms with Crippen LogP contribution in [-0.4, -0.2) is 29.3 Å². The van der Waals surface area contributed by atoms with Gasteiger partial charge in [0.1, 0.15) is 17.1 Å². The van der Waals surface area contributed by atoms with Crippen LogP contribution in [0.2, 0.25) is 5.15 Å². The summed E-state index contributed by atoms with van der Waals surface area (Å²) in [7, 11) is 0. The van der Waals surface area contributed by atoms with E-state index in [9.17, 15) is 0 Å². The van der Waals surface area contributed by atoms with Gasteiger partial charge in [0, 0.05) is 18.6 Å². The fraction of sp³-hybridized carbons (Fsp3) is 0.667. The predicted molar refractivity (Wildman–Crippen MR) is 67.7 cm³/mol. The van der Waals surface area contributed by atoms with Crippen molar-refractivity contribution in [3.05, 3.63) is 16.5 Å². The normalized spacial score (nSPS) is 12.5. The minimum atomic E-state index is -0.0516. The second-order valence-electron chi connectivity index (χ2n) is 3.80. The second kappa shape index (κ2) is 6.77. The van der Waals surface area contributed by atoms with E-state index in [0.29, 0.717) is 30.1 Å². The third kappa shape index (κ3) is 4.13. The summed E-state index contributed by atoms with van der Waals surface area (Å²) in [6, 6.07) is 0. The Bertz CT molecular complexity index is 372. The van der Waals surface area contributed by atoms with Crippen molar-refractivity contribution in [2.24, 2.45) is 0 Å². The van der Waals surface area contributed by atoms with E-state index in [4.69, 9.17) is 21.1 Å². The monoisotopic (exact) mass is 258 g/mol. The summed E-state index contributed by atoms with van der Waals surface area (Å²) < 4.78 is 11.0. The van der Waals surface area contributed by atoms with E-state index in [1.165, 1.54) is 0 Å². The maximum absolute atomic E-state index is 6.02. The molecule has 1 unspecified atom stereocenters. The molecule has 0 saturated carbocycles. The molecule has 5 heteroatoms. The number of hydrogen-bond acceptors (Lipinski definition) is 4. The molecule has 0 aliphatic heterocycles. The first-order valence-corrected chi connectivity index (χ1v) is 6.23. The zero-order valence-corrected chi connectivity index (χ0v) is 11.5. The van der Waals surface area contributed by atoms with E-state index in [1.54, 1.807) is 0 Å². The van der Waals surface area contributed by atoms with Crippen molar-refractivity contribution < 1.29 is 9.47 Å². The SMILES string of the molecule is CCOCC(C)Oc1nc(CC)nc(Cl)c1C. The first kappa shape index (κ1) is 14.2. The number of nitrogens with zero attached hydrogens (tertiary/aromatic N) is 2. The predicted octanol–water partition coefficient (Wildman–Crippen LogP) is 2.80. The fourth-order valence-electron chi connectivity index (χ4n) is 1.29. The van der Waals surface area contributed by atoms with Crippen LogP contribution in [0.4, 0.5) is 0 Å². The summed E-state index contributed by atoms with van der Waals surface area (Å²) in [6.07, 6.45) is 0.681. The highest BCUT2D eigenvalue weighted by Gasteiger charge is 2.12. The smallest absolute Gasteiger partial charge is 0.221 e. The largest absolute Gasteiger partial charge is 0.472 e. The highest BCUT2D eigenvalue weighted by atomic mass is 35.5. The van der Waals surface area contributed by atoms with Crippen LogP contribution in [0.1, 0.15) is 32.2 Å². The van der Waals surface area contributed by atoms with Crippen LogP contribution in [0.15, 0.2) is 0 Å². The Kier molecular flexibility index (Phi) is 5.65. The molecular formula is C12H19ClN2O2. The molecule has 0 radical (unpaired) electrons. The zero-order chi connectivity index (χ0) is 12.8. The zero-order valence-electron chi connectivity index (χ0n) is 10.8. The van der Waals surface area contributed by atoms with Gasteiger partial charge in [-0.1, -0.05) is 18.5 Å². The van der Waals surface area contributed by atoms with Gasteiger partial charge in [-0.3, -0.25) is 0 Å². The van der Waals surface area contributed by atoms with Gasteiger partial charge < -0.3 is 9.47 Å². The Morgan fingerprint density at radius 2 is 2.00 bits per heavy atom. The third-order valence-corrected chi connectivity index (χ3v) is 2.64. The van der Waals surface area contributed by atoms with Gasteiger partial charge in [0.25, 0.3) is 0 Å². The number of ether oxygens (including phenoxy) is 2. The highest BCUT2D eigenvalue weighted by Crippen LogP contribution is 2.23. The van der Waals surface area contributed by atoms with Crippen LogP contribution in [-0.2, 0) is 11.2 Å². The summed E-state index contributed by atoms with van der Waals surface area (Å²) in [5.41, 5.74) is 0.771. The van der Waals surface area contributed by atoms with Crippen molar-refractivity contribution >= 4 is 11.6 Å². The Labute approximate surface area is 107 Å². The van der Waals surface area contributed by atoms with Gasteiger partial charge in [0.15, 0.2) is 0 Å². The molecule has 1 heterocycles. The van der Waals surface area contributed by atoms with Crippen molar-refractivity contribution in [2.45, 2.75) is 40.2 Å². The molecule has 0 amide bonds. The molecule has 0 aromatic carbocycles. The van der Waals surface area contributed by atoms with Crippen LogP contribution in [0, 0.1) is 6.92 Å². The van der Waals surface area contributed by atoms with Gasteiger partial charge in [0.05, 0.1) is 6.61 Å². The molecule has 96 valence electrons. The minimum absolute atomic E-state index is 0.0516. The van der Waals surface area contributed by atoms with Gasteiger partial charge in [-0.25, -0.2) is 4.98 Å². The number of aryl methyl sites for hydroxylation is 1. The average Bonchev–Trinajstić information content (AvgIpc) is 2.32. The van der Waals surface area contributed by atoms with Crippen LogP contribution >= 0.6 is 11.6 Å². The van der Waals surface area contributed by atoms with E-state index in [-0.39, 0.29) is 6.10 Å². The molecule has 1 rings (SSSR count). The summed E-state index contributed by atoms with van der Waals surface area (Å²) >= 11 is 6.02. The molecule has 0 saturated heterocycles. The summed E-state index contributed by atoms with van der Waals surface area (Å²) in [6.45, 7) is 8.95. The van der Waals surface area contributed by atoms with E-state index in [1.807, 2.05) is 27.7 Å². The average molecular weight is 259 g/mol. The quantitative estimate of drug-likeness (QED) is 0.736. The van der Waals surface area contributed by atoms with Crippen molar-refractivity contribution in [1.29, 1.82) is 0 Å². The van der Waals surface area contributed by atoms with Crippen LogP contribution in [0.5, 0.6) is 5.88 Å². The molecule has 1 aromatic rings. The third-order valence-electron chi connectivity index (χ3n) is 2.27. The molecule has 0 aliphatic carbocycles. The summed E-state index contributed by atoms with van der Waals surface area (Å²) in [5.74, 6) is 1.24. The molecule has 0 spiro atoms.